The molecular formula is C10H20N2O2S. The predicted molar refractivity (Wildman–Crippen MR) is 60.1 cm³/mol. The van der Waals surface area contributed by atoms with Crippen LogP contribution in [0, 0.1) is 5.92 Å². The van der Waals surface area contributed by atoms with E-state index in [1.807, 2.05) is 13.8 Å². The van der Waals surface area contributed by atoms with Crippen LogP contribution in [0.25, 0.3) is 0 Å². The average Bonchev–Trinajstić information content (AvgIpc) is 2.61. The third kappa shape index (κ3) is 1.92. The summed E-state index contributed by atoms with van der Waals surface area (Å²) >= 11 is 0. The van der Waals surface area contributed by atoms with Gasteiger partial charge in [0.2, 0.25) is 10.0 Å². The highest BCUT2D eigenvalue weighted by Gasteiger charge is 2.46. The van der Waals surface area contributed by atoms with Gasteiger partial charge in [-0.05, 0) is 32.2 Å². The van der Waals surface area contributed by atoms with Crippen LogP contribution in [0.2, 0.25) is 0 Å². The molecule has 2 heterocycles. The number of nitrogens with zero attached hydrogens (tertiary/aromatic N) is 1. The van der Waals surface area contributed by atoms with Crippen molar-refractivity contribution >= 4 is 10.0 Å². The van der Waals surface area contributed by atoms with Gasteiger partial charge in [-0.15, -0.1) is 0 Å². The molecule has 0 amide bonds. The van der Waals surface area contributed by atoms with Crippen LogP contribution < -0.4 is 5.32 Å². The van der Waals surface area contributed by atoms with Crippen molar-refractivity contribution in [1.29, 1.82) is 0 Å². The molecular weight excluding hydrogens is 212 g/mol. The molecule has 2 aliphatic rings. The van der Waals surface area contributed by atoms with Crippen molar-refractivity contribution in [2.24, 2.45) is 5.92 Å². The maximum absolute atomic E-state index is 12.1. The Hall–Kier alpha value is -0.130. The second-order valence-corrected chi connectivity index (χ2v) is 6.71. The standard InChI is InChI=1S/C10H20N2O2S/c1-3-4-15(13,14)12-8(2)5-9-6-11-7-10(9)12/h8-11H,3-7H2,1-2H3. The third-order valence-electron chi connectivity index (χ3n) is 3.49. The van der Waals surface area contributed by atoms with Gasteiger partial charge in [-0.1, -0.05) is 6.92 Å². The van der Waals surface area contributed by atoms with Crippen molar-refractivity contribution in [3.05, 3.63) is 0 Å². The lowest BCUT2D eigenvalue weighted by molar-refractivity contribution is 0.335. The fourth-order valence-corrected chi connectivity index (χ4v) is 4.99. The highest BCUT2D eigenvalue weighted by atomic mass is 32.2. The molecule has 0 bridgehead atoms. The zero-order valence-corrected chi connectivity index (χ0v) is 10.3. The minimum Gasteiger partial charge on any atom is -0.315 e. The Labute approximate surface area is 92.1 Å². The first kappa shape index (κ1) is 11.4. The Morgan fingerprint density at radius 2 is 2.13 bits per heavy atom. The molecule has 1 N–H and O–H groups in total. The van der Waals surface area contributed by atoms with E-state index in [4.69, 9.17) is 0 Å². The third-order valence-corrected chi connectivity index (χ3v) is 5.69. The van der Waals surface area contributed by atoms with Crippen LogP contribution in [0.5, 0.6) is 0 Å². The van der Waals surface area contributed by atoms with Crippen molar-refractivity contribution in [3.8, 4) is 0 Å². The molecule has 3 unspecified atom stereocenters. The molecule has 2 saturated heterocycles. The van der Waals surface area contributed by atoms with Crippen molar-refractivity contribution < 1.29 is 8.42 Å². The van der Waals surface area contributed by atoms with Crippen LogP contribution in [0.4, 0.5) is 0 Å². The highest BCUT2D eigenvalue weighted by Crippen LogP contribution is 2.34. The summed E-state index contributed by atoms with van der Waals surface area (Å²) in [5, 5.41) is 3.28. The van der Waals surface area contributed by atoms with E-state index < -0.39 is 10.0 Å². The van der Waals surface area contributed by atoms with E-state index in [0.29, 0.717) is 18.1 Å². The molecule has 0 aliphatic carbocycles. The van der Waals surface area contributed by atoms with Gasteiger partial charge >= 0.3 is 0 Å². The van der Waals surface area contributed by atoms with Crippen LogP contribution in [0.3, 0.4) is 0 Å². The smallest absolute Gasteiger partial charge is 0.214 e. The van der Waals surface area contributed by atoms with Crippen LogP contribution >= 0.6 is 0 Å². The molecule has 0 aromatic rings. The number of sulfonamides is 1. The van der Waals surface area contributed by atoms with Crippen molar-refractivity contribution in [1.82, 2.24) is 9.62 Å². The minimum absolute atomic E-state index is 0.193. The molecule has 0 aromatic heterocycles. The van der Waals surface area contributed by atoms with E-state index in [9.17, 15) is 8.42 Å². The first-order valence-electron chi connectivity index (χ1n) is 5.78. The summed E-state index contributed by atoms with van der Waals surface area (Å²) < 4.78 is 25.9. The molecule has 5 heteroatoms. The predicted octanol–water partition coefficient (Wildman–Crippen LogP) is 0.408. The van der Waals surface area contributed by atoms with Gasteiger partial charge in [0.05, 0.1) is 5.75 Å². The Bertz CT molecular complexity index is 328. The molecule has 2 aliphatic heterocycles. The molecule has 0 aromatic carbocycles. The highest BCUT2D eigenvalue weighted by molar-refractivity contribution is 7.89. The summed E-state index contributed by atoms with van der Waals surface area (Å²) in [5.41, 5.74) is 0. The number of hydrogen-bond donors (Lipinski definition) is 1. The fourth-order valence-electron chi connectivity index (χ4n) is 2.97. The first-order chi connectivity index (χ1) is 7.06. The number of rotatable bonds is 3. The average molecular weight is 232 g/mol. The zero-order chi connectivity index (χ0) is 11.1. The van der Waals surface area contributed by atoms with Crippen LogP contribution in [-0.4, -0.2) is 43.6 Å². The molecule has 0 spiro atoms. The summed E-state index contributed by atoms with van der Waals surface area (Å²) in [5.74, 6) is 0.826. The van der Waals surface area contributed by atoms with E-state index in [2.05, 4.69) is 5.32 Å². The van der Waals surface area contributed by atoms with E-state index in [0.717, 1.165) is 19.5 Å². The number of fused-ring (bicyclic) bond motifs is 1. The van der Waals surface area contributed by atoms with Crippen molar-refractivity contribution in [3.63, 3.8) is 0 Å². The lowest BCUT2D eigenvalue weighted by atomic mass is 10.0. The molecule has 0 saturated carbocycles. The molecule has 3 atom stereocenters. The van der Waals surface area contributed by atoms with Crippen LogP contribution in [-0.2, 0) is 10.0 Å². The second kappa shape index (κ2) is 4.03. The summed E-state index contributed by atoms with van der Waals surface area (Å²) in [4.78, 5) is 0. The summed E-state index contributed by atoms with van der Waals surface area (Å²) in [6.45, 7) is 5.76. The summed E-state index contributed by atoms with van der Waals surface area (Å²) in [6.07, 6.45) is 1.72. The molecule has 15 heavy (non-hydrogen) atoms. The first-order valence-corrected chi connectivity index (χ1v) is 7.39. The number of hydrogen-bond acceptors (Lipinski definition) is 3. The van der Waals surface area contributed by atoms with Gasteiger partial charge in [-0.2, -0.15) is 4.31 Å². The molecule has 88 valence electrons. The van der Waals surface area contributed by atoms with Gasteiger partial charge < -0.3 is 5.32 Å². The van der Waals surface area contributed by atoms with Gasteiger partial charge in [0.1, 0.15) is 0 Å². The van der Waals surface area contributed by atoms with Crippen LogP contribution in [0.1, 0.15) is 26.7 Å². The summed E-state index contributed by atoms with van der Waals surface area (Å²) in [6, 6.07) is 0.412. The van der Waals surface area contributed by atoms with Gasteiger partial charge in [0.15, 0.2) is 0 Å². The second-order valence-electron chi connectivity index (χ2n) is 4.72. The molecule has 0 radical (unpaired) electrons. The maximum atomic E-state index is 12.1. The van der Waals surface area contributed by atoms with Gasteiger partial charge in [-0.3, -0.25) is 0 Å². The van der Waals surface area contributed by atoms with Gasteiger partial charge in [-0.25, -0.2) is 8.42 Å². The zero-order valence-electron chi connectivity index (χ0n) is 9.44. The Morgan fingerprint density at radius 1 is 1.40 bits per heavy atom. The number of nitrogens with one attached hydrogen (secondary N) is 1. The molecule has 2 rings (SSSR count). The van der Waals surface area contributed by atoms with E-state index >= 15 is 0 Å². The van der Waals surface area contributed by atoms with E-state index in [1.54, 1.807) is 4.31 Å². The monoisotopic (exact) mass is 232 g/mol. The van der Waals surface area contributed by atoms with Gasteiger partial charge in [0, 0.05) is 18.6 Å². The maximum Gasteiger partial charge on any atom is 0.214 e. The fraction of sp³-hybridized carbons (Fsp3) is 1.00. The largest absolute Gasteiger partial charge is 0.315 e. The SMILES string of the molecule is CCCS(=O)(=O)N1C(C)CC2CNCC21. The summed E-state index contributed by atoms with van der Waals surface area (Å²) in [7, 11) is -3.02. The normalized spacial score (nSPS) is 37.1. The molecule has 4 nitrogen and oxygen atoms in total. The Balaban J connectivity index is 2.20. The molecule has 2 fully saturated rings. The lowest BCUT2D eigenvalue weighted by Crippen LogP contribution is -2.43. The van der Waals surface area contributed by atoms with E-state index in [1.165, 1.54) is 0 Å². The lowest BCUT2D eigenvalue weighted by Gasteiger charge is -2.26. The van der Waals surface area contributed by atoms with Crippen molar-refractivity contribution in [2.45, 2.75) is 38.8 Å². The van der Waals surface area contributed by atoms with Gasteiger partial charge in [0.25, 0.3) is 0 Å². The quantitative estimate of drug-likeness (QED) is 0.766. The van der Waals surface area contributed by atoms with Crippen LogP contribution in [0.15, 0.2) is 0 Å². The topological polar surface area (TPSA) is 49.4 Å². The van der Waals surface area contributed by atoms with Crippen molar-refractivity contribution in [2.75, 3.05) is 18.8 Å². The Morgan fingerprint density at radius 3 is 2.80 bits per heavy atom. The van der Waals surface area contributed by atoms with E-state index in [-0.39, 0.29) is 12.1 Å². The minimum atomic E-state index is -3.02. The Kier molecular flexibility index (Phi) is 3.05.